The number of sulfonamides is 1. The van der Waals surface area contributed by atoms with Gasteiger partial charge in [0.05, 0.1) is 11.6 Å². The minimum Gasteiger partial charge on any atom is -0.337 e. The zero-order valence-corrected chi connectivity index (χ0v) is 11.9. The molecule has 0 radical (unpaired) electrons. The Kier molecular flexibility index (Phi) is 5.35. The molecule has 6 nitrogen and oxygen atoms in total. The van der Waals surface area contributed by atoms with Gasteiger partial charge in [-0.2, -0.15) is 0 Å². The Morgan fingerprint density at radius 2 is 2.11 bits per heavy atom. The maximum atomic E-state index is 12.0. The van der Waals surface area contributed by atoms with Crippen molar-refractivity contribution in [3.63, 3.8) is 0 Å². The van der Waals surface area contributed by atoms with Crippen molar-refractivity contribution in [1.82, 2.24) is 19.6 Å². The number of hydrogen-bond acceptors (Lipinski definition) is 4. The van der Waals surface area contributed by atoms with E-state index >= 15 is 0 Å². The van der Waals surface area contributed by atoms with Gasteiger partial charge in [-0.3, -0.25) is 0 Å². The van der Waals surface area contributed by atoms with Gasteiger partial charge in [0.2, 0.25) is 10.0 Å². The Balaban J connectivity index is 1.64. The molecule has 0 amide bonds. The summed E-state index contributed by atoms with van der Waals surface area (Å²) in [5, 5.41) is 2.96. The van der Waals surface area contributed by atoms with Crippen LogP contribution in [0.25, 0.3) is 0 Å². The minimum absolute atomic E-state index is 0.220. The third-order valence-corrected chi connectivity index (χ3v) is 5.39. The van der Waals surface area contributed by atoms with E-state index in [-0.39, 0.29) is 5.25 Å². The predicted octanol–water partition coefficient (Wildman–Crippen LogP) is 0.335. The molecule has 1 aliphatic rings. The van der Waals surface area contributed by atoms with E-state index in [1.54, 1.807) is 12.5 Å². The molecule has 0 bridgehead atoms. The highest BCUT2D eigenvalue weighted by molar-refractivity contribution is 7.90. The lowest BCUT2D eigenvalue weighted by Gasteiger charge is -2.22. The Hall–Kier alpha value is -0.920. The molecule has 0 spiro atoms. The number of nitrogens with zero attached hydrogens (tertiary/aromatic N) is 2. The van der Waals surface area contributed by atoms with E-state index in [4.69, 9.17) is 0 Å². The van der Waals surface area contributed by atoms with Gasteiger partial charge in [0.1, 0.15) is 0 Å². The summed E-state index contributed by atoms with van der Waals surface area (Å²) in [5.41, 5.74) is 0. The Morgan fingerprint density at radius 3 is 2.79 bits per heavy atom. The standard InChI is InChI=1S/C12H22N4O2S/c17-19(18,12-3-6-13-7-4-12)15-5-1-2-9-16-10-8-14-11-16/h8,10-13,15H,1-7,9H2. The summed E-state index contributed by atoms with van der Waals surface area (Å²) < 4.78 is 28.8. The van der Waals surface area contributed by atoms with Crippen LogP contribution < -0.4 is 10.0 Å². The van der Waals surface area contributed by atoms with Crippen LogP contribution in [0.4, 0.5) is 0 Å². The number of aryl methyl sites for hydroxylation is 1. The fourth-order valence-electron chi connectivity index (χ4n) is 2.28. The van der Waals surface area contributed by atoms with Crippen molar-refractivity contribution in [3.05, 3.63) is 18.7 Å². The molecule has 1 aliphatic heterocycles. The molecule has 1 aromatic rings. The Morgan fingerprint density at radius 1 is 1.32 bits per heavy atom. The number of unbranched alkanes of at least 4 members (excludes halogenated alkanes) is 1. The van der Waals surface area contributed by atoms with E-state index in [1.165, 1.54) is 0 Å². The van der Waals surface area contributed by atoms with E-state index in [2.05, 4.69) is 15.0 Å². The van der Waals surface area contributed by atoms with Crippen LogP contribution in [-0.2, 0) is 16.6 Å². The number of piperidine rings is 1. The van der Waals surface area contributed by atoms with Crippen LogP contribution in [0.5, 0.6) is 0 Å². The lowest BCUT2D eigenvalue weighted by atomic mass is 10.2. The molecule has 1 saturated heterocycles. The minimum atomic E-state index is -3.13. The predicted molar refractivity (Wildman–Crippen MR) is 74.3 cm³/mol. The van der Waals surface area contributed by atoms with Crippen LogP contribution in [0.15, 0.2) is 18.7 Å². The first-order valence-electron chi connectivity index (χ1n) is 6.83. The van der Waals surface area contributed by atoms with E-state index in [9.17, 15) is 8.42 Å². The summed E-state index contributed by atoms with van der Waals surface area (Å²) in [4.78, 5) is 3.97. The smallest absolute Gasteiger partial charge is 0.214 e. The van der Waals surface area contributed by atoms with Crippen LogP contribution in [-0.4, -0.2) is 42.9 Å². The van der Waals surface area contributed by atoms with Gasteiger partial charge in [0, 0.05) is 25.5 Å². The molecular weight excluding hydrogens is 264 g/mol. The van der Waals surface area contributed by atoms with Gasteiger partial charge in [-0.25, -0.2) is 18.1 Å². The van der Waals surface area contributed by atoms with Crippen LogP contribution in [0.1, 0.15) is 25.7 Å². The van der Waals surface area contributed by atoms with Gasteiger partial charge >= 0.3 is 0 Å². The van der Waals surface area contributed by atoms with Crippen molar-refractivity contribution in [2.45, 2.75) is 37.5 Å². The lowest BCUT2D eigenvalue weighted by Crippen LogP contribution is -2.41. The first kappa shape index (κ1) is 14.5. The highest BCUT2D eigenvalue weighted by Gasteiger charge is 2.26. The van der Waals surface area contributed by atoms with Crippen LogP contribution in [0.2, 0.25) is 0 Å². The molecule has 2 rings (SSSR count). The van der Waals surface area contributed by atoms with Crippen LogP contribution in [0, 0.1) is 0 Å². The molecule has 0 aromatic carbocycles. The maximum absolute atomic E-state index is 12.0. The van der Waals surface area contributed by atoms with Crippen molar-refractivity contribution in [2.24, 2.45) is 0 Å². The fraction of sp³-hybridized carbons (Fsp3) is 0.750. The third-order valence-electron chi connectivity index (χ3n) is 3.43. The molecule has 7 heteroatoms. The number of hydrogen-bond donors (Lipinski definition) is 2. The monoisotopic (exact) mass is 286 g/mol. The summed E-state index contributed by atoms with van der Waals surface area (Å²) in [6.07, 6.45) is 8.67. The Labute approximate surface area is 114 Å². The number of rotatable bonds is 7. The molecule has 19 heavy (non-hydrogen) atoms. The summed E-state index contributed by atoms with van der Waals surface area (Å²) in [6, 6.07) is 0. The number of aromatic nitrogens is 2. The number of imidazole rings is 1. The van der Waals surface area contributed by atoms with Gasteiger partial charge in [-0.05, 0) is 38.8 Å². The summed E-state index contributed by atoms with van der Waals surface area (Å²) >= 11 is 0. The average Bonchev–Trinajstić information content (AvgIpc) is 2.92. The highest BCUT2D eigenvalue weighted by Crippen LogP contribution is 2.11. The molecule has 108 valence electrons. The van der Waals surface area contributed by atoms with E-state index < -0.39 is 10.0 Å². The molecule has 0 aliphatic carbocycles. The SMILES string of the molecule is O=S(=O)(NCCCCn1ccnc1)C1CCNCC1. The quantitative estimate of drug-likeness (QED) is 0.709. The highest BCUT2D eigenvalue weighted by atomic mass is 32.2. The van der Waals surface area contributed by atoms with Crippen LogP contribution in [0.3, 0.4) is 0 Å². The Bertz CT molecular complexity index is 452. The topological polar surface area (TPSA) is 76.0 Å². The molecule has 0 saturated carbocycles. The van der Waals surface area contributed by atoms with Gasteiger partial charge < -0.3 is 9.88 Å². The van der Waals surface area contributed by atoms with Gasteiger partial charge in [0.15, 0.2) is 0 Å². The van der Waals surface area contributed by atoms with Crippen molar-refractivity contribution >= 4 is 10.0 Å². The molecule has 2 heterocycles. The molecule has 0 atom stereocenters. The van der Waals surface area contributed by atoms with Gasteiger partial charge in [-0.15, -0.1) is 0 Å². The van der Waals surface area contributed by atoms with Crippen molar-refractivity contribution in [2.75, 3.05) is 19.6 Å². The van der Waals surface area contributed by atoms with Crippen molar-refractivity contribution in [1.29, 1.82) is 0 Å². The molecule has 1 fully saturated rings. The second-order valence-electron chi connectivity index (χ2n) is 4.90. The molecule has 2 N–H and O–H groups in total. The zero-order chi connectivity index (χ0) is 13.6. The largest absolute Gasteiger partial charge is 0.337 e. The molecule has 1 aromatic heterocycles. The maximum Gasteiger partial charge on any atom is 0.214 e. The summed E-state index contributed by atoms with van der Waals surface area (Å²) in [7, 11) is -3.13. The van der Waals surface area contributed by atoms with E-state index in [1.807, 2.05) is 10.8 Å². The van der Waals surface area contributed by atoms with Crippen LogP contribution >= 0.6 is 0 Å². The second kappa shape index (κ2) is 7.02. The number of nitrogens with one attached hydrogen (secondary N) is 2. The first-order valence-corrected chi connectivity index (χ1v) is 8.38. The molecule has 0 unspecified atom stereocenters. The molecular formula is C12H22N4O2S. The van der Waals surface area contributed by atoms with E-state index in [0.717, 1.165) is 32.5 Å². The lowest BCUT2D eigenvalue weighted by molar-refractivity contribution is 0.487. The normalized spacial score (nSPS) is 17.7. The third kappa shape index (κ3) is 4.59. The zero-order valence-electron chi connectivity index (χ0n) is 11.1. The van der Waals surface area contributed by atoms with Gasteiger partial charge in [0.25, 0.3) is 0 Å². The van der Waals surface area contributed by atoms with Gasteiger partial charge in [-0.1, -0.05) is 0 Å². The average molecular weight is 286 g/mol. The summed E-state index contributed by atoms with van der Waals surface area (Å²) in [6.45, 7) is 3.01. The second-order valence-corrected chi connectivity index (χ2v) is 6.94. The fourth-order valence-corrected chi connectivity index (χ4v) is 3.80. The van der Waals surface area contributed by atoms with E-state index in [0.29, 0.717) is 19.4 Å². The van der Waals surface area contributed by atoms with Crippen molar-refractivity contribution in [3.8, 4) is 0 Å². The first-order chi connectivity index (χ1) is 9.18. The van der Waals surface area contributed by atoms with Crippen molar-refractivity contribution < 1.29 is 8.42 Å². The summed E-state index contributed by atoms with van der Waals surface area (Å²) in [5.74, 6) is 0.